The van der Waals surface area contributed by atoms with Gasteiger partial charge in [-0.05, 0) is 18.2 Å². The van der Waals surface area contributed by atoms with Gasteiger partial charge in [-0.3, -0.25) is 0 Å². The van der Waals surface area contributed by atoms with E-state index in [1.807, 2.05) is 17.0 Å². The van der Waals surface area contributed by atoms with E-state index < -0.39 is 11.9 Å². The van der Waals surface area contributed by atoms with Gasteiger partial charge in [0.2, 0.25) is 0 Å². The maximum Gasteiger partial charge on any atom is 0.433 e. The average Bonchev–Trinajstić information content (AvgIpc) is 3.23. The van der Waals surface area contributed by atoms with Crippen molar-refractivity contribution in [3.8, 4) is 5.82 Å². The number of halogens is 3. The highest BCUT2D eigenvalue weighted by molar-refractivity contribution is 5.45. The number of nitrogens with zero attached hydrogens (tertiary/aromatic N) is 8. The summed E-state index contributed by atoms with van der Waals surface area (Å²) in [5.41, 5.74) is -0.935. The first kappa shape index (κ1) is 17.2. The molecule has 3 aromatic rings. The van der Waals surface area contributed by atoms with Crippen LogP contribution < -0.4 is 9.80 Å². The Morgan fingerprint density at radius 2 is 1.52 bits per heavy atom. The van der Waals surface area contributed by atoms with Crippen molar-refractivity contribution in [2.45, 2.75) is 6.18 Å². The lowest BCUT2D eigenvalue weighted by Crippen LogP contribution is -2.47. The Labute approximate surface area is 152 Å². The van der Waals surface area contributed by atoms with Crippen molar-refractivity contribution in [2.24, 2.45) is 0 Å². The van der Waals surface area contributed by atoms with Crippen molar-refractivity contribution in [1.82, 2.24) is 29.9 Å². The molecule has 0 aromatic carbocycles. The molecule has 1 aliphatic heterocycles. The van der Waals surface area contributed by atoms with Gasteiger partial charge in [0.25, 0.3) is 0 Å². The van der Waals surface area contributed by atoms with Crippen LogP contribution in [0.25, 0.3) is 5.82 Å². The van der Waals surface area contributed by atoms with E-state index in [4.69, 9.17) is 0 Å². The van der Waals surface area contributed by atoms with E-state index in [1.54, 1.807) is 28.0 Å². The quantitative estimate of drug-likeness (QED) is 0.690. The number of hydrogen-bond donors (Lipinski definition) is 0. The minimum atomic E-state index is -4.48. The molecular weight excluding hydrogens is 361 g/mol. The Balaban J connectivity index is 1.42. The molecule has 0 radical (unpaired) electrons. The molecule has 1 aliphatic rings. The van der Waals surface area contributed by atoms with Gasteiger partial charge in [-0.1, -0.05) is 0 Å². The zero-order valence-electron chi connectivity index (χ0n) is 14.1. The van der Waals surface area contributed by atoms with E-state index in [2.05, 4.69) is 25.3 Å². The molecule has 0 atom stereocenters. The van der Waals surface area contributed by atoms with Gasteiger partial charge in [-0.25, -0.2) is 14.6 Å². The van der Waals surface area contributed by atoms with Crippen LogP contribution in [0.1, 0.15) is 5.69 Å². The van der Waals surface area contributed by atoms with Crippen molar-refractivity contribution in [2.75, 3.05) is 36.0 Å². The number of aromatic nitrogens is 6. The van der Waals surface area contributed by atoms with Crippen LogP contribution in [0.15, 0.2) is 43.0 Å². The molecule has 0 saturated carbocycles. The second-order valence-corrected chi connectivity index (χ2v) is 5.93. The van der Waals surface area contributed by atoms with Crippen molar-refractivity contribution in [3.05, 3.63) is 48.7 Å². The van der Waals surface area contributed by atoms with Crippen LogP contribution in [0.5, 0.6) is 0 Å². The summed E-state index contributed by atoms with van der Waals surface area (Å²) < 4.78 is 40.1. The van der Waals surface area contributed by atoms with E-state index in [0.29, 0.717) is 37.8 Å². The van der Waals surface area contributed by atoms with Crippen LogP contribution in [0.2, 0.25) is 0 Å². The summed E-state index contributed by atoms with van der Waals surface area (Å²) in [6, 6.07) is 6.45. The Bertz CT molecular complexity index is 887. The van der Waals surface area contributed by atoms with Gasteiger partial charge in [0.15, 0.2) is 11.6 Å². The number of rotatable bonds is 3. The van der Waals surface area contributed by atoms with E-state index in [9.17, 15) is 13.2 Å². The fourth-order valence-corrected chi connectivity index (χ4v) is 2.85. The van der Waals surface area contributed by atoms with E-state index in [1.165, 1.54) is 0 Å². The first-order valence-electron chi connectivity index (χ1n) is 8.23. The molecule has 1 saturated heterocycles. The Kier molecular flexibility index (Phi) is 4.34. The average molecular weight is 376 g/mol. The van der Waals surface area contributed by atoms with Gasteiger partial charge >= 0.3 is 6.18 Å². The maximum atomic E-state index is 12.8. The molecule has 0 aliphatic carbocycles. The number of anilines is 2. The third-order valence-electron chi connectivity index (χ3n) is 4.25. The van der Waals surface area contributed by atoms with Crippen molar-refractivity contribution >= 4 is 11.6 Å². The van der Waals surface area contributed by atoms with Crippen molar-refractivity contribution < 1.29 is 13.2 Å². The summed E-state index contributed by atoms with van der Waals surface area (Å²) in [4.78, 5) is 11.1. The summed E-state index contributed by atoms with van der Waals surface area (Å²) in [6.45, 7) is 2.25. The van der Waals surface area contributed by atoms with Crippen molar-refractivity contribution in [3.63, 3.8) is 0 Å². The topological polar surface area (TPSA) is 75.9 Å². The SMILES string of the molecule is FC(F)(F)c1cc(N2CCN(c3ccc(-n4cccn4)nn3)CC2)ncn1. The van der Waals surface area contributed by atoms with Crippen LogP contribution in [0, 0.1) is 0 Å². The fraction of sp³-hybridized carbons (Fsp3) is 0.312. The Hall–Kier alpha value is -3.24. The lowest BCUT2D eigenvalue weighted by Gasteiger charge is -2.35. The van der Waals surface area contributed by atoms with Gasteiger partial charge < -0.3 is 9.80 Å². The molecule has 27 heavy (non-hydrogen) atoms. The molecule has 1 fully saturated rings. The van der Waals surface area contributed by atoms with Crippen LogP contribution in [0.3, 0.4) is 0 Å². The summed E-state index contributed by atoms with van der Waals surface area (Å²) in [6.07, 6.45) is -0.0963. The fourth-order valence-electron chi connectivity index (χ4n) is 2.85. The summed E-state index contributed by atoms with van der Waals surface area (Å²) >= 11 is 0. The summed E-state index contributed by atoms with van der Waals surface area (Å²) in [5, 5.41) is 12.5. The maximum absolute atomic E-state index is 12.8. The summed E-state index contributed by atoms with van der Waals surface area (Å²) in [7, 11) is 0. The molecule has 8 nitrogen and oxygen atoms in total. The molecule has 11 heteroatoms. The smallest absolute Gasteiger partial charge is 0.353 e. The van der Waals surface area contributed by atoms with Crippen LogP contribution in [-0.4, -0.2) is 56.1 Å². The van der Waals surface area contributed by atoms with Crippen LogP contribution >= 0.6 is 0 Å². The predicted molar refractivity (Wildman–Crippen MR) is 90.6 cm³/mol. The largest absolute Gasteiger partial charge is 0.433 e. The van der Waals surface area contributed by atoms with Gasteiger partial charge in [-0.2, -0.15) is 18.3 Å². The van der Waals surface area contributed by atoms with Crippen LogP contribution in [0.4, 0.5) is 24.8 Å². The molecule has 4 rings (SSSR count). The normalized spacial score (nSPS) is 15.2. The first-order valence-corrected chi connectivity index (χ1v) is 8.23. The monoisotopic (exact) mass is 376 g/mol. The molecule has 0 bridgehead atoms. The number of alkyl halides is 3. The van der Waals surface area contributed by atoms with Gasteiger partial charge in [0.1, 0.15) is 17.8 Å². The molecule has 140 valence electrons. The Morgan fingerprint density at radius 1 is 0.852 bits per heavy atom. The Morgan fingerprint density at radius 3 is 2.11 bits per heavy atom. The zero-order valence-corrected chi connectivity index (χ0v) is 14.1. The first-order chi connectivity index (χ1) is 13.0. The van der Waals surface area contributed by atoms with E-state index in [-0.39, 0.29) is 5.82 Å². The molecule has 0 spiro atoms. The third-order valence-corrected chi connectivity index (χ3v) is 4.25. The van der Waals surface area contributed by atoms with E-state index in [0.717, 1.165) is 12.4 Å². The van der Waals surface area contributed by atoms with Gasteiger partial charge in [0.05, 0.1) is 0 Å². The molecular formula is C16H15F3N8. The number of hydrogen-bond acceptors (Lipinski definition) is 7. The second kappa shape index (κ2) is 6.82. The lowest BCUT2D eigenvalue weighted by molar-refractivity contribution is -0.141. The van der Waals surface area contributed by atoms with Gasteiger partial charge in [-0.15, -0.1) is 10.2 Å². The van der Waals surface area contributed by atoms with Crippen LogP contribution in [-0.2, 0) is 6.18 Å². The second-order valence-electron chi connectivity index (χ2n) is 5.93. The molecule has 0 unspecified atom stereocenters. The molecule has 0 amide bonds. The standard InChI is InChI=1S/C16H15F3N8/c17-16(18,19)12-10-15(21-11-20-12)26-8-6-25(7-9-26)13-2-3-14(24-23-13)27-5-1-4-22-27/h1-5,10-11H,6-9H2. The highest BCUT2D eigenvalue weighted by atomic mass is 19.4. The third kappa shape index (κ3) is 3.66. The predicted octanol–water partition coefficient (Wildman–Crippen LogP) is 1.80. The van der Waals surface area contributed by atoms with Crippen molar-refractivity contribution in [1.29, 1.82) is 0 Å². The zero-order chi connectivity index (χ0) is 18.9. The number of piperazine rings is 1. The molecule has 3 aromatic heterocycles. The minimum absolute atomic E-state index is 0.275. The highest BCUT2D eigenvalue weighted by Crippen LogP contribution is 2.29. The molecule has 0 N–H and O–H groups in total. The molecule has 4 heterocycles. The van der Waals surface area contributed by atoms with E-state index >= 15 is 0 Å². The minimum Gasteiger partial charge on any atom is -0.353 e. The highest BCUT2D eigenvalue weighted by Gasteiger charge is 2.33. The van der Waals surface area contributed by atoms with Gasteiger partial charge in [0, 0.05) is 44.6 Å². The lowest BCUT2D eigenvalue weighted by atomic mass is 10.3. The summed E-state index contributed by atoms with van der Waals surface area (Å²) in [5.74, 6) is 1.60.